The molecule has 1 saturated carbocycles. The molecule has 2 fully saturated rings. The van der Waals surface area contributed by atoms with Crippen LogP contribution in [0.1, 0.15) is 44.0 Å². The van der Waals surface area contributed by atoms with Gasteiger partial charge in [0, 0.05) is 6.04 Å². The Morgan fingerprint density at radius 3 is 2.89 bits per heavy atom. The van der Waals surface area contributed by atoms with Crippen LogP contribution in [-0.2, 0) is 0 Å². The van der Waals surface area contributed by atoms with Crippen LogP contribution in [0.5, 0.6) is 0 Å². The highest BCUT2D eigenvalue weighted by Crippen LogP contribution is 2.38. The molecule has 1 aromatic carbocycles. The molecule has 2 N–H and O–H groups in total. The maximum atomic E-state index is 4.73. The molecule has 1 aliphatic heterocycles. The Morgan fingerprint density at radius 2 is 2.00 bits per heavy atom. The summed E-state index contributed by atoms with van der Waals surface area (Å²) in [5.41, 5.74) is 2.24. The highest BCUT2D eigenvalue weighted by atomic mass is 15.1. The van der Waals surface area contributed by atoms with Gasteiger partial charge >= 0.3 is 0 Å². The average Bonchev–Trinajstić information content (AvgIpc) is 3.02. The van der Waals surface area contributed by atoms with Crippen LogP contribution < -0.4 is 5.32 Å². The second kappa shape index (κ2) is 4.09. The predicted octanol–water partition coefficient (Wildman–Crippen LogP) is 3.16. The van der Waals surface area contributed by atoms with Crippen molar-refractivity contribution in [3.8, 4) is 0 Å². The number of aromatic nitrogens is 2. The molecule has 2 aliphatic rings. The van der Waals surface area contributed by atoms with Crippen molar-refractivity contribution in [3.63, 3.8) is 0 Å². The molecule has 3 heteroatoms. The zero-order valence-electron chi connectivity index (χ0n) is 10.5. The summed E-state index contributed by atoms with van der Waals surface area (Å²) in [6.45, 7) is 0. The summed E-state index contributed by atoms with van der Waals surface area (Å²) in [6, 6.07) is 9.47. The van der Waals surface area contributed by atoms with Crippen LogP contribution >= 0.6 is 0 Å². The molecule has 4 rings (SSSR count). The van der Waals surface area contributed by atoms with Gasteiger partial charge < -0.3 is 10.3 Å². The van der Waals surface area contributed by atoms with E-state index in [4.69, 9.17) is 4.98 Å². The van der Waals surface area contributed by atoms with Gasteiger partial charge in [0.25, 0.3) is 0 Å². The number of fused-ring (bicyclic) bond motifs is 2. The van der Waals surface area contributed by atoms with Gasteiger partial charge in [-0.15, -0.1) is 0 Å². The lowest BCUT2D eigenvalue weighted by Crippen LogP contribution is -2.30. The highest BCUT2D eigenvalue weighted by Gasteiger charge is 2.36. The lowest BCUT2D eigenvalue weighted by atomic mass is 9.85. The molecule has 1 saturated heterocycles. The Labute approximate surface area is 107 Å². The Kier molecular flexibility index (Phi) is 2.40. The van der Waals surface area contributed by atoms with Gasteiger partial charge in [-0.1, -0.05) is 25.0 Å². The Bertz CT molecular complexity index is 513. The van der Waals surface area contributed by atoms with Crippen molar-refractivity contribution in [2.24, 2.45) is 5.92 Å². The summed E-state index contributed by atoms with van der Waals surface area (Å²) in [4.78, 5) is 8.21. The highest BCUT2D eigenvalue weighted by molar-refractivity contribution is 5.74. The van der Waals surface area contributed by atoms with Crippen LogP contribution in [0.25, 0.3) is 11.0 Å². The number of nitrogens with zero attached hydrogens (tertiary/aromatic N) is 1. The number of nitrogens with one attached hydrogen (secondary N) is 2. The van der Waals surface area contributed by atoms with E-state index >= 15 is 0 Å². The minimum Gasteiger partial charge on any atom is -0.341 e. The lowest BCUT2D eigenvalue weighted by Gasteiger charge is -2.24. The summed E-state index contributed by atoms with van der Waals surface area (Å²) in [6.07, 6.45) is 6.80. The van der Waals surface area contributed by atoms with E-state index in [2.05, 4.69) is 34.6 Å². The standard InChI is InChI=1S/C15H19N3/c1-2-6-11-10(5-1)9-14(16-11)15-17-12-7-3-4-8-13(12)18-15/h3-4,7-8,10-11,14,16H,1-2,5-6,9H2,(H,17,18)/t10-,11-,14-/m0/s1. The Hall–Kier alpha value is -1.35. The van der Waals surface area contributed by atoms with Gasteiger partial charge in [-0.05, 0) is 37.3 Å². The third kappa shape index (κ3) is 1.65. The molecular formula is C15H19N3. The largest absolute Gasteiger partial charge is 0.341 e. The van der Waals surface area contributed by atoms with E-state index in [0.29, 0.717) is 6.04 Å². The van der Waals surface area contributed by atoms with E-state index in [0.717, 1.165) is 28.8 Å². The van der Waals surface area contributed by atoms with Crippen molar-refractivity contribution in [1.82, 2.24) is 15.3 Å². The average molecular weight is 241 g/mol. The molecule has 2 heterocycles. The second-order valence-electron chi connectivity index (χ2n) is 5.75. The fourth-order valence-corrected chi connectivity index (χ4v) is 3.67. The summed E-state index contributed by atoms with van der Waals surface area (Å²) >= 11 is 0. The first-order chi connectivity index (χ1) is 8.90. The first kappa shape index (κ1) is 10.6. The summed E-state index contributed by atoms with van der Waals surface area (Å²) in [5, 5.41) is 3.78. The van der Waals surface area contributed by atoms with Crippen LogP contribution in [0.2, 0.25) is 0 Å². The number of hydrogen-bond acceptors (Lipinski definition) is 2. The van der Waals surface area contributed by atoms with Gasteiger partial charge in [-0.2, -0.15) is 0 Å². The van der Waals surface area contributed by atoms with Crippen molar-refractivity contribution in [1.29, 1.82) is 0 Å². The Morgan fingerprint density at radius 1 is 1.11 bits per heavy atom. The summed E-state index contributed by atoms with van der Waals surface area (Å²) < 4.78 is 0. The van der Waals surface area contributed by atoms with Gasteiger partial charge in [0.15, 0.2) is 0 Å². The lowest BCUT2D eigenvalue weighted by molar-refractivity contribution is 0.325. The van der Waals surface area contributed by atoms with Crippen molar-refractivity contribution in [2.45, 2.75) is 44.2 Å². The first-order valence-electron chi connectivity index (χ1n) is 7.11. The zero-order chi connectivity index (χ0) is 11.9. The molecule has 3 nitrogen and oxygen atoms in total. The fourth-order valence-electron chi connectivity index (χ4n) is 3.67. The van der Waals surface area contributed by atoms with Crippen LogP contribution in [0, 0.1) is 5.92 Å². The van der Waals surface area contributed by atoms with Crippen molar-refractivity contribution in [3.05, 3.63) is 30.1 Å². The number of aromatic amines is 1. The number of H-pyrrole nitrogens is 1. The molecule has 18 heavy (non-hydrogen) atoms. The number of para-hydroxylation sites is 2. The van der Waals surface area contributed by atoms with E-state index in [1.54, 1.807) is 0 Å². The summed E-state index contributed by atoms with van der Waals surface area (Å²) in [7, 11) is 0. The zero-order valence-corrected chi connectivity index (χ0v) is 10.5. The van der Waals surface area contributed by atoms with Crippen molar-refractivity contribution >= 4 is 11.0 Å². The van der Waals surface area contributed by atoms with Crippen LogP contribution in [0.15, 0.2) is 24.3 Å². The number of hydrogen-bond donors (Lipinski definition) is 2. The molecule has 0 amide bonds. The van der Waals surface area contributed by atoms with Crippen LogP contribution in [-0.4, -0.2) is 16.0 Å². The van der Waals surface area contributed by atoms with Crippen molar-refractivity contribution in [2.75, 3.05) is 0 Å². The van der Waals surface area contributed by atoms with Gasteiger partial charge in [-0.25, -0.2) is 4.98 Å². The van der Waals surface area contributed by atoms with Gasteiger partial charge in [0.2, 0.25) is 0 Å². The second-order valence-corrected chi connectivity index (χ2v) is 5.75. The molecule has 0 bridgehead atoms. The first-order valence-corrected chi connectivity index (χ1v) is 7.11. The number of benzene rings is 1. The smallest absolute Gasteiger partial charge is 0.124 e. The minimum absolute atomic E-state index is 0.436. The third-order valence-electron chi connectivity index (χ3n) is 4.60. The molecule has 1 aromatic heterocycles. The quantitative estimate of drug-likeness (QED) is 0.805. The van der Waals surface area contributed by atoms with E-state index in [9.17, 15) is 0 Å². The van der Waals surface area contributed by atoms with Crippen molar-refractivity contribution < 1.29 is 0 Å². The molecule has 2 aromatic rings. The SMILES string of the molecule is c1ccc2[nH]c([C@@H]3C[C@@H]4CCCC[C@@H]4N3)nc2c1. The normalized spacial score (nSPS) is 31.7. The van der Waals surface area contributed by atoms with E-state index in [1.807, 2.05) is 0 Å². The topological polar surface area (TPSA) is 40.7 Å². The molecule has 1 aliphatic carbocycles. The van der Waals surface area contributed by atoms with E-state index in [-0.39, 0.29) is 0 Å². The molecule has 3 atom stereocenters. The Balaban J connectivity index is 1.63. The number of rotatable bonds is 1. The van der Waals surface area contributed by atoms with Gasteiger partial charge in [-0.3, -0.25) is 0 Å². The molecule has 0 unspecified atom stereocenters. The van der Waals surface area contributed by atoms with Gasteiger partial charge in [0.1, 0.15) is 5.82 Å². The van der Waals surface area contributed by atoms with Crippen LogP contribution in [0.3, 0.4) is 0 Å². The maximum absolute atomic E-state index is 4.73. The van der Waals surface area contributed by atoms with Gasteiger partial charge in [0.05, 0.1) is 17.1 Å². The fraction of sp³-hybridized carbons (Fsp3) is 0.533. The molecular weight excluding hydrogens is 222 g/mol. The molecule has 94 valence electrons. The number of imidazole rings is 1. The van der Waals surface area contributed by atoms with E-state index < -0.39 is 0 Å². The third-order valence-corrected chi connectivity index (χ3v) is 4.60. The predicted molar refractivity (Wildman–Crippen MR) is 72.3 cm³/mol. The molecule has 0 radical (unpaired) electrons. The maximum Gasteiger partial charge on any atom is 0.124 e. The summed E-state index contributed by atoms with van der Waals surface area (Å²) in [5.74, 6) is 2.00. The molecule has 0 spiro atoms. The monoisotopic (exact) mass is 241 g/mol. The minimum atomic E-state index is 0.436. The van der Waals surface area contributed by atoms with Crippen LogP contribution in [0.4, 0.5) is 0 Å². The van der Waals surface area contributed by atoms with E-state index in [1.165, 1.54) is 32.1 Å².